The van der Waals surface area contributed by atoms with Crippen LogP contribution in [-0.4, -0.2) is 58.9 Å². The van der Waals surface area contributed by atoms with Gasteiger partial charge in [0.1, 0.15) is 5.60 Å². The van der Waals surface area contributed by atoms with Crippen LogP contribution in [0.25, 0.3) is 0 Å². The number of likely N-dealkylation sites (tertiary alicyclic amines) is 1. The molecule has 8 nitrogen and oxygen atoms in total. The van der Waals surface area contributed by atoms with Crippen LogP contribution in [0.1, 0.15) is 57.9 Å². The molecule has 1 aromatic heterocycles. The third kappa shape index (κ3) is 6.84. The molecule has 188 valence electrons. The Labute approximate surface area is 212 Å². The Kier molecular flexibility index (Phi) is 7.79. The molecule has 9 heteroatoms. The van der Waals surface area contributed by atoms with Gasteiger partial charge in [0, 0.05) is 37.8 Å². The second-order valence-electron chi connectivity index (χ2n) is 10.3. The molecule has 2 amide bonds. The number of amides is 2. The first-order chi connectivity index (χ1) is 16.7. The van der Waals surface area contributed by atoms with Crippen LogP contribution in [0.3, 0.4) is 0 Å². The van der Waals surface area contributed by atoms with E-state index in [0.29, 0.717) is 24.2 Å². The Morgan fingerprint density at radius 3 is 2.17 bits per heavy atom. The SMILES string of the molecule is CC(C)(C)OC(=O)N1CCC(c2ccc(NC(=O)C3CCN(c4ccc(Cl)nn4)CC3)cc2)CC1. The van der Waals surface area contributed by atoms with E-state index in [1.807, 2.05) is 39.0 Å². The average Bonchev–Trinajstić information content (AvgIpc) is 2.84. The van der Waals surface area contributed by atoms with Crippen LogP contribution in [0.15, 0.2) is 36.4 Å². The van der Waals surface area contributed by atoms with Crippen molar-refractivity contribution in [1.29, 1.82) is 0 Å². The zero-order chi connectivity index (χ0) is 25.0. The summed E-state index contributed by atoms with van der Waals surface area (Å²) in [6.07, 6.45) is 3.11. The molecule has 0 radical (unpaired) electrons. The molecule has 3 heterocycles. The largest absolute Gasteiger partial charge is 0.444 e. The maximum absolute atomic E-state index is 12.8. The third-order valence-corrected chi connectivity index (χ3v) is 6.81. The van der Waals surface area contributed by atoms with Crippen LogP contribution < -0.4 is 10.2 Å². The van der Waals surface area contributed by atoms with Crippen molar-refractivity contribution in [2.75, 3.05) is 36.4 Å². The fourth-order valence-electron chi connectivity index (χ4n) is 4.65. The molecule has 35 heavy (non-hydrogen) atoms. The van der Waals surface area contributed by atoms with E-state index >= 15 is 0 Å². The molecular weight excluding hydrogens is 466 g/mol. The molecule has 0 unspecified atom stereocenters. The monoisotopic (exact) mass is 499 g/mol. The van der Waals surface area contributed by atoms with Crippen LogP contribution in [0, 0.1) is 5.92 Å². The molecule has 0 saturated carbocycles. The topological polar surface area (TPSA) is 87.7 Å². The van der Waals surface area contributed by atoms with E-state index in [9.17, 15) is 9.59 Å². The third-order valence-electron chi connectivity index (χ3n) is 6.60. The van der Waals surface area contributed by atoms with Crippen LogP contribution in [0.2, 0.25) is 5.15 Å². The average molecular weight is 500 g/mol. The van der Waals surface area contributed by atoms with Gasteiger partial charge in [-0.2, -0.15) is 0 Å². The minimum Gasteiger partial charge on any atom is -0.444 e. The molecule has 1 aromatic carbocycles. The van der Waals surface area contributed by atoms with E-state index in [1.54, 1.807) is 11.0 Å². The van der Waals surface area contributed by atoms with E-state index in [2.05, 4.69) is 32.5 Å². The first-order valence-electron chi connectivity index (χ1n) is 12.3. The molecule has 2 aliphatic heterocycles. The van der Waals surface area contributed by atoms with Crippen molar-refractivity contribution >= 4 is 35.1 Å². The lowest BCUT2D eigenvalue weighted by Gasteiger charge is -2.33. The fourth-order valence-corrected chi connectivity index (χ4v) is 4.75. The smallest absolute Gasteiger partial charge is 0.410 e. The van der Waals surface area contributed by atoms with Gasteiger partial charge in [-0.3, -0.25) is 4.79 Å². The van der Waals surface area contributed by atoms with Gasteiger partial charge in [0.25, 0.3) is 0 Å². The molecule has 1 N–H and O–H groups in total. The number of piperidine rings is 2. The number of benzene rings is 1. The normalized spacial score (nSPS) is 17.8. The standard InChI is InChI=1S/C26H34ClN5O3/c1-26(2,3)35-25(34)32-16-10-19(11-17-32)18-4-6-21(7-5-18)28-24(33)20-12-14-31(15-13-20)23-9-8-22(27)29-30-23/h4-9,19-20H,10-17H2,1-3H3,(H,28,33). The highest BCUT2D eigenvalue weighted by molar-refractivity contribution is 6.29. The highest BCUT2D eigenvalue weighted by Gasteiger charge is 2.28. The summed E-state index contributed by atoms with van der Waals surface area (Å²) in [4.78, 5) is 29.0. The summed E-state index contributed by atoms with van der Waals surface area (Å²) in [6.45, 7) is 8.56. The number of carbonyl (C=O) groups excluding carboxylic acids is 2. The minimum absolute atomic E-state index is 0.0247. The van der Waals surface area contributed by atoms with Crippen molar-refractivity contribution in [3.8, 4) is 0 Å². The first-order valence-corrected chi connectivity index (χ1v) is 12.7. The summed E-state index contributed by atoms with van der Waals surface area (Å²) < 4.78 is 5.49. The Hall–Kier alpha value is -2.87. The maximum atomic E-state index is 12.8. The lowest BCUT2D eigenvalue weighted by atomic mass is 9.89. The van der Waals surface area contributed by atoms with Gasteiger partial charge in [0.05, 0.1) is 0 Å². The predicted molar refractivity (Wildman–Crippen MR) is 137 cm³/mol. The summed E-state index contributed by atoms with van der Waals surface area (Å²) >= 11 is 5.82. The number of nitrogens with one attached hydrogen (secondary N) is 1. The lowest BCUT2D eigenvalue weighted by molar-refractivity contribution is -0.120. The summed E-state index contributed by atoms with van der Waals surface area (Å²) in [7, 11) is 0. The van der Waals surface area contributed by atoms with Crippen LogP contribution >= 0.6 is 11.6 Å². The molecule has 2 aromatic rings. The molecule has 4 rings (SSSR count). The number of ether oxygens (including phenoxy) is 1. The lowest BCUT2D eigenvalue weighted by Crippen LogP contribution is -2.41. The van der Waals surface area contributed by atoms with Crippen molar-refractivity contribution in [2.24, 2.45) is 5.92 Å². The molecule has 2 aliphatic rings. The summed E-state index contributed by atoms with van der Waals surface area (Å²) in [5, 5.41) is 11.5. The fraction of sp³-hybridized carbons (Fsp3) is 0.538. The van der Waals surface area contributed by atoms with Crippen molar-refractivity contribution in [1.82, 2.24) is 15.1 Å². The van der Waals surface area contributed by atoms with E-state index in [4.69, 9.17) is 16.3 Å². The number of halogens is 1. The predicted octanol–water partition coefficient (Wildman–Crippen LogP) is 5.10. The van der Waals surface area contributed by atoms with Crippen molar-refractivity contribution in [3.05, 3.63) is 47.1 Å². The van der Waals surface area contributed by atoms with Gasteiger partial charge in [0.15, 0.2) is 11.0 Å². The van der Waals surface area contributed by atoms with Crippen molar-refractivity contribution in [3.63, 3.8) is 0 Å². The Balaban J connectivity index is 1.23. The van der Waals surface area contributed by atoms with Gasteiger partial charge in [-0.15, -0.1) is 10.2 Å². The number of carbonyl (C=O) groups is 2. The summed E-state index contributed by atoms with van der Waals surface area (Å²) in [5.74, 6) is 1.23. The molecular formula is C26H34ClN5O3. The van der Waals surface area contributed by atoms with E-state index in [0.717, 1.165) is 50.3 Å². The second-order valence-corrected chi connectivity index (χ2v) is 10.7. The molecule has 2 saturated heterocycles. The Morgan fingerprint density at radius 2 is 1.60 bits per heavy atom. The molecule has 0 spiro atoms. The number of aromatic nitrogens is 2. The second kappa shape index (κ2) is 10.8. The highest BCUT2D eigenvalue weighted by atomic mass is 35.5. The minimum atomic E-state index is -0.476. The first kappa shape index (κ1) is 25.2. The van der Waals surface area contributed by atoms with Gasteiger partial charge < -0.3 is 19.9 Å². The maximum Gasteiger partial charge on any atom is 0.410 e. The van der Waals surface area contributed by atoms with Crippen molar-refractivity contribution < 1.29 is 14.3 Å². The van der Waals surface area contributed by atoms with Gasteiger partial charge in [-0.05, 0) is 82.2 Å². The van der Waals surface area contributed by atoms with Crippen molar-refractivity contribution in [2.45, 2.75) is 58.0 Å². The number of hydrogen-bond donors (Lipinski definition) is 1. The van der Waals surface area contributed by atoms with Gasteiger partial charge in [-0.25, -0.2) is 4.79 Å². The number of nitrogens with zero attached hydrogens (tertiary/aromatic N) is 4. The summed E-state index contributed by atoms with van der Waals surface area (Å²) in [6, 6.07) is 11.7. The quantitative estimate of drug-likeness (QED) is 0.629. The molecule has 0 aliphatic carbocycles. The summed E-state index contributed by atoms with van der Waals surface area (Å²) in [5.41, 5.74) is 1.58. The van der Waals surface area contributed by atoms with E-state index in [-0.39, 0.29) is 17.9 Å². The molecule has 0 atom stereocenters. The molecule has 2 fully saturated rings. The van der Waals surface area contributed by atoms with Crippen LogP contribution in [0.4, 0.5) is 16.3 Å². The van der Waals surface area contributed by atoms with Gasteiger partial charge in [-0.1, -0.05) is 23.7 Å². The zero-order valence-corrected chi connectivity index (χ0v) is 21.4. The zero-order valence-electron chi connectivity index (χ0n) is 20.7. The van der Waals surface area contributed by atoms with Gasteiger partial charge >= 0.3 is 6.09 Å². The molecule has 0 bridgehead atoms. The van der Waals surface area contributed by atoms with E-state index < -0.39 is 5.60 Å². The Morgan fingerprint density at radius 1 is 0.943 bits per heavy atom. The van der Waals surface area contributed by atoms with Gasteiger partial charge in [0.2, 0.25) is 5.91 Å². The highest BCUT2D eigenvalue weighted by Crippen LogP contribution is 2.30. The van der Waals surface area contributed by atoms with Crippen LogP contribution in [-0.2, 0) is 9.53 Å². The van der Waals surface area contributed by atoms with E-state index in [1.165, 1.54) is 5.56 Å². The number of anilines is 2. The number of rotatable bonds is 4. The van der Waals surface area contributed by atoms with Crippen LogP contribution in [0.5, 0.6) is 0 Å². The Bertz CT molecular complexity index is 1010. The number of hydrogen-bond acceptors (Lipinski definition) is 6.